The number of nitrogens with one attached hydrogen (secondary N) is 2. The van der Waals surface area contributed by atoms with Crippen molar-refractivity contribution in [3.05, 3.63) is 67.2 Å². The number of nitro benzene ring substituents is 2. The topological polar surface area (TPSA) is 208 Å². The number of hydrogen-bond donors (Lipinski definition) is 3. The quantitative estimate of drug-likeness (QED) is 0.201. The molecule has 3 N–H and O–H groups in total. The number of aromatic nitrogens is 4. The number of hydrazone groups is 1. The number of anilines is 3. The Bertz CT molecular complexity index is 1420. The lowest BCUT2D eigenvalue weighted by atomic mass is 10.1. The van der Waals surface area contributed by atoms with E-state index in [0.29, 0.717) is 16.8 Å². The van der Waals surface area contributed by atoms with Crippen LogP contribution in [0.5, 0.6) is 5.75 Å². The van der Waals surface area contributed by atoms with E-state index in [0.717, 1.165) is 12.3 Å². The molecule has 0 spiro atoms. The van der Waals surface area contributed by atoms with Gasteiger partial charge in [0.25, 0.3) is 5.69 Å². The fraction of sp³-hybridized carbons (Fsp3) is 0. The van der Waals surface area contributed by atoms with Crippen molar-refractivity contribution in [3.8, 4) is 5.75 Å². The summed E-state index contributed by atoms with van der Waals surface area (Å²) in [6.07, 6.45) is 0.950. The van der Waals surface area contributed by atoms with E-state index in [1.54, 1.807) is 24.3 Å². The van der Waals surface area contributed by atoms with E-state index >= 15 is 0 Å². The van der Waals surface area contributed by atoms with Crippen molar-refractivity contribution in [1.29, 1.82) is 0 Å². The average molecular weight is 472 g/mol. The van der Waals surface area contributed by atoms with Gasteiger partial charge in [-0.15, -0.1) is 0 Å². The largest absolute Gasteiger partial charge is 0.502 e. The highest BCUT2D eigenvalue weighted by molar-refractivity contribution is 6.30. The molecule has 0 aliphatic carbocycles. The number of fused-ring (bicyclic) bond motifs is 1. The molecule has 2 heterocycles. The van der Waals surface area contributed by atoms with Gasteiger partial charge in [0, 0.05) is 16.8 Å². The van der Waals surface area contributed by atoms with Gasteiger partial charge in [-0.05, 0) is 28.5 Å². The molecule has 4 aromatic rings. The molecule has 4 rings (SSSR count). The van der Waals surface area contributed by atoms with Crippen LogP contribution in [-0.2, 0) is 0 Å². The lowest BCUT2D eigenvalue weighted by Gasteiger charge is -2.09. The highest BCUT2D eigenvalue weighted by atomic mass is 35.5. The molecule has 0 aliphatic rings. The van der Waals surface area contributed by atoms with Gasteiger partial charge in [0.15, 0.2) is 11.6 Å². The Morgan fingerprint density at radius 2 is 1.79 bits per heavy atom. The number of phenolic OH excluding ortho intramolecular Hbond substituents is 1. The van der Waals surface area contributed by atoms with E-state index in [9.17, 15) is 25.3 Å². The van der Waals surface area contributed by atoms with Gasteiger partial charge in [0.05, 0.1) is 27.7 Å². The number of hydrogen-bond acceptors (Lipinski definition) is 13. The standard InChI is InChI=1S/C17H10ClN9O6/c18-9-2-1-3-10(5-9)20-14-15(22-17-16(21-14)24-33-25-17)23-19-7-8-4-11(26(29)30)6-12(13(8)28)27(31)32/h1-7,28H,(H,20,21,24)(H,22,23,25)/b19-7-. The summed E-state index contributed by atoms with van der Waals surface area (Å²) in [6, 6.07) is 8.29. The van der Waals surface area contributed by atoms with Gasteiger partial charge in [-0.1, -0.05) is 17.7 Å². The monoisotopic (exact) mass is 471 g/mol. The fourth-order valence-electron chi connectivity index (χ4n) is 2.64. The van der Waals surface area contributed by atoms with Crippen molar-refractivity contribution in [2.75, 3.05) is 10.7 Å². The lowest BCUT2D eigenvalue weighted by molar-refractivity contribution is -0.394. The second kappa shape index (κ2) is 8.67. The van der Waals surface area contributed by atoms with Crippen LogP contribution >= 0.6 is 11.6 Å². The van der Waals surface area contributed by atoms with E-state index in [1.165, 1.54) is 0 Å². The van der Waals surface area contributed by atoms with Crippen LogP contribution in [0.3, 0.4) is 0 Å². The Kier molecular flexibility index (Phi) is 5.60. The van der Waals surface area contributed by atoms with E-state index in [-0.39, 0.29) is 28.5 Å². The van der Waals surface area contributed by atoms with Gasteiger partial charge in [0.2, 0.25) is 17.0 Å². The fourth-order valence-corrected chi connectivity index (χ4v) is 2.83. The number of benzene rings is 2. The summed E-state index contributed by atoms with van der Waals surface area (Å²) < 4.78 is 4.60. The molecular weight excluding hydrogens is 462 g/mol. The molecule has 2 aromatic carbocycles. The summed E-state index contributed by atoms with van der Waals surface area (Å²) in [4.78, 5) is 28.8. The van der Waals surface area contributed by atoms with Crippen LogP contribution in [-0.4, -0.2) is 41.4 Å². The number of nitro groups is 2. The van der Waals surface area contributed by atoms with Crippen molar-refractivity contribution < 1.29 is 19.6 Å². The molecule has 0 fully saturated rings. The SMILES string of the molecule is O=[N+]([O-])c1cc(/C=N\Nc2nc3nonc3nc2Nc2cccc(Cl)c2)c(O)c([N+](=O)[O-])c1. The molecule has 0 aliphatic heterocycles. The molecule has 16 heteroatoms. The lowest BCUT2D eigenvalue weighted by Crippen LogP contribution is -2.03. The highest BCUT2D eigenvalue weighted by Crippen LogP contribution is 2.33. The number of non-ortho nitro benzene ring substituents is 1. The maximum absolute atomic E-state index is 11.1. The van der Waals surface area contributed by atoms with Gasteiger partial charge < -0.3 is 10.4 Å². The first-order valence-corrected chi connectivity index (χ1v) is 9.17. The van der Waals surface area contributed by atoms with Gasteiger partial charge >= 0.3 is 5.69 Å². The molecule has 0 unspecified atom stereocenters. The zero-order valence-corrected chi connectivity index (χ0v) is 16.8. The molecule has 0 saturated heterocycles. The Hall–Kier alpha value is -4.92. The minimum Gasteiger partial charge on any atom is -0.502 e. The van der Waals surface area contributed by atoms with E-state index in [2.05, 4.69) is 40.8 Å². The van der Waals surface area contributed by atoms with Crippen molar-refractivity contribution in [3.63, 3.8) is 0 Å². The maximum atomic E-state index is 11.1. The van der Waals surface area contributed by atoms with Gasteiger partial charge in [0.1, 0.15) is 0 Å². The molecular formula is C17H10ClN9O6. The first kappa shape index (κ1) is 21.3. The molecule has 33 heavy (non-hydrogen) atoms. The summed E-state index contributed by atoms with van der Waals surface area (Å²) in [7, 11) is 0. The molecule has 0 atom stereocenters. The summed E-state index contributed by atoms with van der Waals surface area (Å²) in [6.45, 7) is 0. The Morgan fingerprint density at radius 1 is 1.06 bits per heavy atom. The number of nitrogens with zero attached hydrogens (tertiary/aromatic N) is 7. The van der Waals surface area contributed by atoms with Crippen LogP contribution in [0.25, 0.3) is 11.3 Å². The van der Waals surface area contributed by atoms with E-state index < -0.39 is 27.0 Å². The predicted molar refractivity (Wildman–Crippen MR) is 115 cm³/mol. The third-order valence-electron chi connectivity index (χ3n) is 4.09. The van der Waals surface area contributed by atoms with E-state index in [1.807, 2.05) is 0 Å². The number of phenols is 1. The summed E-state index contributed by atoms with van der Waals surface area (Å²) >= 11 is 5.99. The minimum absolute atomic E-state index is 0.0360. The Labute approximate surface area is 187 Å². The normalized spacial score (nSPS) is 11.1. The van der Waals surface area contributed by atoms with Crippen LogP contribution in [0.15, 0.2) is 46.1 Å². The van der Waals surface area contributed by atoms with Crippen LogP contribution in [0, 0.1) is 20.2 Å². The maximum Gasteiger partial charge on any atom is 0.318 e. The van der Waals surface area contributed by atoms with E-state index in [4.69, 9.17) is 11.6 Å². The average Bonchev–Trinajstić information content (AvgIpc) is 3.21. The Balaban J connectivity index is 1.68. The summed E-state index contributed by atoms with van der Waals surface area (Å²) in [5, 5.41) is 46.7. The summed E-state index contributed by atoms with van der Waals surface area (Å²) in [5.41, 5.74) is 1.54. The highest BCUT2D eigenvalue weighted by Gasteiger charge is 2.23. The van der Waals surface area contributed by atoms with Crippen molar-refractivity contribution in [2.24, 2.45) is 5.10 Å². The second-order valence-electron chi connectivity index (χ2n) is 6.25. The van der Waals surface area contributed by atoms with Crippen LogP contribution < -0.4 is 10.7 Å². The molecule has 0 saturated carbocycles. The third-order valence-corrected chi connectivity index (χ3v) is 4.32. The second-order valence-corrected chi connectivity index (χ2v) is 6.69. The molecule has 166 valence electrons. The molecule has 0 bridgehead atoms. The van der Waals surface area contributed by atoms with Gasteiger partial charge in [-0.25, -0.2) is 9.61 Å². The smallest absolute Gasteiger partial charge is 0.318 e. The number of aromatic hydroxyl groups is 1. The number of halogens is 1. The molecule has 0 amide bonds. The molecule has 0 radical (unpaired) electrons. The zero-order chi connectivity index (χ0) is 23.5. The van der Waals surface area contributed by atoms with Crippen molar-refractivity contribution in [2.45, 2.75) is 0 Å². The van der Waals surface area contributed by atoms with Crippen LogP contribution in [0.1, 0.15) is 5.56 Å². The van der Waals surface area contributed by atoms with Crippen LogP contribution in [0.2, 0.25) is 5.02 Å². The predicted octanol–water partition coefficient (Wildman–Crippen LogP) is 3.38. The van der Waals surface area contributed by atoms with Gasteiger partial charge in [-0.2, -0.15) is 10.1 Å². The summed E-state index contributed by atoms with van der Waals surface area (Å²) in [5.74, 6) is -0.614. The van der Waals surface area contributed by atoms with Gasteiger partial charge in [-0.3, -0.25) is 25.7 Å². The van der Waals surface area contributed by atoms with Crippen molar-refractivity contribution in [1.82, 2.24) is 20.3 Å². The Morgan fingerprint density at radius 3 is 2.45 bits per heavy atom. The van der Waals surface area contributed by atoms with Crippen molar-refractivity contribution >= 4 is 57.8 Å². The van der Waals surface area contributed by atoms with Crippen LogP contribution in [0.4, 0.5) is 28.7 Å². The molecule has 15 nitrogen and oxygen atoms in total. The zero-order valence-electron chi connectivity index (χ0n) is 16.0. The number of rotatable bonds is 7. The minimum atomic E-state index is -0.947. The first-order chi connectivity index (χ1) is 15.8. The third kappa shape index (κ3) is 4.57. The molecule has 2 aromatic heterocycles. The first-order valence-electron chi connectivity index (χ1n) is 8.79.